The van der Waals surface area contributed by atoms with Crippen molar-refractivity contribution in [3.05, 3.63) is 70.4 Å². The van der Waals surface area contributed by atoms with Crippen molar-refractivity contribution in [3.8, 4) is 5.75 Å². The van der Waals surface area contributed by atoms with Crippen LogP contribution in [0.1, 0.15) is 61.5 Å². The molecule has 0 saturated carbocycles. The van der Waals surface area contributed by atoms with Crippen LogP contribution in [0.25, 0.3) is 16.7 Å². The Morgan fingerprint density at radius 2 is 1.92 bits per heavy atom. The molecule has 4 rings (SSSR count). The second kappa shape index (κ2) is 10.6. The second-order valence-electron chi connectivity index (χ2n) is 9.39. The van der Waals surface area contributed by atoms with Gasteiger partial charge in [0.1, 0.15) is 11.5 Å². The number of carbonyl (C=O) groups excluding carboxylic acids is 2. The summed E-state index contributed by atoms with van der Waals surface area (Å²) < 4.78 is 11.0. The van der Waals surface area contributed by atoms with E-state index in [-0.39, 0.29) is 17.3 Å². The van der Waals surface area contributed by atoms with E-state index < -0.39 is 17.7 Å². The third kappa shape index (κ3) is 4.51. The molecule has 1 aliphatic rings. The van der Waals surface area contributed by atoms with Crippen molar-refractivity contribution in [1.82, 2.24) is 9.88 Å². The van der Waals surface area contributed by atoms with Crippen molar-refractivity contribution >= 4 is 28.4 Å². The zero-order valence-electron chi connectivity index (χ0n) is 21.6. The first-order valence-corrected chi connectivity index (χ1v) is 12.4. The predicted octanol–water partition coefficient (Wildman–Crippen LogP) is 5.46. The lowest BCUT2D eigenvalue weighted by molar-refractivity contribution is -0.140. The van der Waals surface area contributed by atoms with E-state index in [0.29, 0.717) is 31.7 Å². The number of aromatic nitrogens is 1. The highest BCUT2D eigenvalue weighted by molar-refractivity contribution is 6.46. The highest BCUT2D eigenvalue weighted by Gasteiger charge is 2.47. The molecule has 1 saturated heterocycles. The molecule has 2 heterocycles. The van der Waals surface area contributed by atoms with Gasteiger partial charge in [-0.1, -0.05) is 32.0 Å². The van der Waals surface area contributed by atoms with Gasteiger partial charge in [0.05, 0.1) is 18.2 Å². The maximum Gasteiger partial charge on any atom is 0.295 e. The number of benzene rings is 2. The van der Waals surface area contributed by atoms with Crippen LogP contribution >= 0.6 is 0 Å². The third-order valence-corrected chi connectivity index (χ3v) is 6.71. The molecular weight excluding hydrogens is 456 g/mol. The maximum atomic E-state index is 13.4. The number of H-pyrrole nitrogens is 1. The molecule has 1 atom stereocenters. The van der Waals surface area contributed by atoms with Gasteiger partial charge in [0.15, 0.2) is 0 Å². The highest BCUT2D eigenvalue weighted by atomic mass is 16.5. The molecule has 7 heteroatoms. The molecule has 0 spiro atoms. The minimum absolute atomic E-state index is 0.101. The molecule has 3 aromatic rings. The molecule has 2 aromatic carbocycles. The van der Waals surface area contributed by atoms with Crippen LogP contribution in [-0.4, -0.2) is 53.5 Å². The number of aliphatic hydroxyl groups excluding tert-OH is 1. The van der Waals surface area contributed by atoms with Gasteiger partial charge in [-0.25, -0.2) is 0 Å². The Labute approximate surface area is 211 Å². The Morgan fingerprint density at radius 1 is 1.17 bits per heavy atom. The summed E-state index contributed by atoms with van der Waals surface area (Å²) in [6, 6.07) is 12.5. The van der Waals surface area contributed by atoms with Crippen LogP contribution in [0.2, 0.25) is 0 Å². The van der Waals surface area contributed by atoms with E-state index in [4.69, 9.17) is 9.47 Å². The van der Waals surface area contributed by atoms with Crippen molar-refractivity contribution in [1.29, 1.82) is 0 Å². The highest BCUT2D eigenvalue weighted by Crippen LogP contribution is 2.44. The number of nitrogens with one attached hydrogen (secondary N) is 1. The van der Waals surface area contributed by atoms with Crippen LogP contribution in [0.5, 0.6) is 5.75 Å². The van der Waals surface area contributed by atoms with Gasteiger partial charge in [-0.15, -0.1) is 0 Å². The molecule has 1 amide bonds. The van der Waals surface area contributed by atoms with Gasteiger partial charge in [-0.3, -0.25) is 9.59 Å². The van der Waals surface area contributed by atoms with Crippen molar-refractivity contribution in [2.45, 2.75) is 46.1 Å². The van der Waals surface area contributed by atoms with Crippen molar-refractivity contribution in [2.24, 2.45) is 0 Å². The Morgan fingerprint density at radius 3 is 2.61 bits per heavy atom. The number of nitrogens with zero attached hydrogens (tertiary/aromatic N) is 1. The number of aromatic amines is 1. The van der Waals surface area contributed by atoms with Gasteiger partial charge in [-0.05, 0) is 56.0 Å². The average Bonchev–Trinajstić information content (AvgIpc) is 3.31. The normalized spacial score (nSPS) is 17.5. The van der Waals surface area contributed by atoms with Gasteiger partial charge >= 0.3 is 0 Å². The number of methoxy groups -OCH3 is 1. The largest absolute Gasteiger partial charge is 0.507 e. The zero-order valence-corrected chi connectivity index (χ0v) is 21.6. The summed E-state index contributed by atoms with van der Waals surface area (Å²) in [4.78, 5) is 31.6. The number of aryl methyl sites for hydroxylation is 1. The van der Waals surface area contributed by atoms with Crippen LogP contribution in [0.15, 0.2) is 48.0 Å². The van der Waals surface area contributed by atoms with Crippen LogP contribution in [0, 0.1) is 6.92 Å². The second-order valence-corrected chi connectivity index (χ2v) is 9.39. The van der Waals surface area contributed by atoms with Crippen LogP contribution in [0.3, 0.4) is 0 Å². The van der Waals surface area contributed by atoms with E-state index in [1.165, 1.54) is 0 Å². The summed E-state index contributed by atoms with van der Waals surface area (Å²) >= 11 is 0. The fourth-order valence-electron chi connectivity index (χ4n) is 5.03. The Hall–Kier alpha value is -3.58. The Balaban J connectivity index is 1.92. The van der Waals surface area contributed by atoms with Gasteiger partial charge < -0.3 is 24.5 Å². The van der Waals surface area contributed by atoms with Crippen molar-refractivity contribution in [3.63, 3.8) is 0 Å². The molecule has 0 bridgehead atoms. The summed E-state index contributed by atoms with van der Waals surface area (Å²) in [6.45, 7) is 9.26. The molecule has 2 N–H and O–H groups in total. The summed E-state index contributed by atoms with van der Waals surface area (Å²) in [5.41, 5.74) is 4.09. The topological polar surface area (TPSA) is 91.9 Å². The lowest BCUT2D eigenvalue weighted by Crippen LogP contribution is -2.31. The van der Waals surface area contributed by atoms with E-state index in [2.05, 4.69) is 4.98 Å². The number of ether oxygens (including phenoxy) is 2. The van der Waals surface area contributed by atoms with Gasteiger partial charge in [0.2, 0.25) is 0 Å². The Kier molecular flexibility index (Phi) is 7.50. The summed E-state index contributed by atoms with van der Waals surface area (Å²) in [5, 5.41) is 12.5. The number of likely N-dealkylation sites (tertiary alicyclic amines) is 1. The number of hydrogen-bond acceptors (Lipinski definition) is 5. The molecule has 1 unspecified atom stereocenters. The molecule has 7 nitrogen and oxygen atoms in total. The first-order valence-electron chi connectivity index (χ1n) is 12.4. The molecule has 1 aliphatic heterocycles. The monoisotopic (exact) mass is 490 g/mol. The smallest absolute Gasteiger partial charge is 0.295 e. The first-order chi connectivity index (χ1) is 17.3. The van der Waals surface area contributed by atoms with E-state index in [0.717, 1.165) is 33.5 Å². The summed E-state index contributed by atoms with van der Waals surface area (Å²) in [5.74, 6) is -0.588. The lowest BCUT2D eigenvalue weighted by atomic mass is 9.92. The molecule has 1 aromatic heterocycles. The van der Waals surface area contributed by atoms with E-state index >= 15 is 0 Å². The lowest BCUT2D eigenvalue weighted by Gasteiger charge is -2.25. The quantitative estimate of drug-likeness (QED) is 0.180. The number of para-hydroxylation sites is 1. The predicted molar refractivity (Wildman–Crippen MR) is 140 cm³/mol. The van der Waals surface area contributed by atoms with Crippen LogP contribution < -0.4 is 4.74 Å². The van der Waals surface area contributed by atoms with Gasteiger partial charge in [0, 0.05) is 48.0 Å². The molecule has 36 heavy (non-hydrogen) atoms. The molecule has 190 valence electrons. The van der Waals surface area contributed by atoms with Gasteiger partial charge in [0.25, 0.3) is 11.7 Å². The molecule has 0 radical (unpaired) electrons. The standard InChI is InChI=1S/C29H34N2O5/c1-6-36-23-13-12-19(16-21(23)17(2)3)27(32)25-26(31(14-9-15-35-5)29(34)28(25)33)24-18(4)30-22-11-8-7-10-20(22)24/h7-8,10-13,16-17,26,30,32H,6,9,14-15H2,1-5H3/b27-25+. The van der Waals surface area contributed by atoms with Gasteiger partial charge in [-0.2, -0.15) is 0 Å². The van der Waals surface area contributed by atoms with Crippen molar-refractivity contribution < 1.29 is 24.2 Å². The SMILES string of the molecule is CCOc1ccc(/C(O)=C2\C(=O)C(=O)N(CCCOC)C2c2c(C)[nH]c3ccccc23)cc1C(C)C. The van der Waals surface area contributed by atoms with Crippen LogP contribution in [0.4, 0.5) is 0 Å². The Bertz CT molecular complexity index is 1320. The number of Topliss-reactive ketones (excluding diaryl/α,β-unsaturated/α-hetero) is 1. The number of rotatable bonds is 9. The third-order valence-electron chi connectivity index (χ3n) is 6.71. The van der Waals surface area contributed by atoms with Crippen LogP contribution in [-0.2, 0) is 14.3 Å². The number of ketones is 1. The fourth-order valence-corrected chi connectivity index (χ4v) is 5.03. The number of amides is 1. The molecule has 0 aliphatic carbocycles. The fraction of sp³-hybridized carbons (Fsp3) is 0.379. The molecular formula is C29H34N2O5. The van der Waals surface area contributed by atoms with E-state index in [1.807, 2.05) is 64.1 Å². The zero-order chi connectivity index (χ0) is 26.0. The summed E-state index contributed by atoms with van der Waals surface area (Å²) in [6.07, 6.45) is 0.571. The van der Waals surface area contributed by atoms with E-state index in [1.54, 1.807) is 18.1 Å². The maximum absolute atomic E-state index is 13.4. The first kappa shape index (κ1) is 25.5. The number of carbonyl (C=O) groups is 2. The summed E-state index contributed by atoms with van der Waals surface area (Å²) in [7, 11) is 1.60. The average molecular weight is 491 g/mol. The van der Waals surface area contributed by atoms with E-state index in [9.17, 15) is 14.7 Å². The molecule has 1 fully saturated rings. The number of hydrogen-bond donors (Lipinski definition) is 2. The van der Waals surface area contributed by atoms with Crippen molar-refractivity contribution in [2.75, 3.05) is 26.9 Å². The minimum Gasteiger partial charge on any atom is -0.507 e. The number of fused-ring (bicyclic) bond motifs is 1. The minimum atomic E-state index is -0.716. The number of aliphatic hydroxyl groups is 1.